The Hall–Kier alpha value is -4.06. The summed E-state index contributed by atoms with van der Waals surface area (Å²) in [7, 11) is -2.97. The topological polar surface area (TPSA) is 127 Å². The molecule has 3 aromatic carbocycles. The van der Waals surface area contributed by atoms with Crippen LogP contribution in [0.4, 0.5) is 5.69 Å². The van der Waals surface area contributed by atoms with Crippen LogP contribution in [0.5, 0.6) is 0 Å². The minimum absolute atomic E-state index is 0.0293. The highest BCUT2D eigenvalue weighted by atomic mass is 35.5. The van der Waals surface area contributed by atoms with Gasteiger partial charge in [-0.15, -0.1) is 11.3 Å². The number of carbonyl (C=O) groups excluding carboxylic acids is 2. The zero-order chi connectivity index (χ0) is 27.6. The molecule has 5 rings (SSSR count). The summed E-state index contributed by atoms with van der Waals surface area (Å²) in [5, 5.41) is 5.81. The van der Waals surface area contributed by atoms with Gasteiger partial charge in [-0.1, -0.05) is 35.9 Å². The van der Waals surface area contributed by atoms with Crippen molar-refractivity contribution in [2.75, 3.05) is 11.8 Å². The standard InChI is InChI=1S/C27H21ClN4O5S2/c1-37-27(34)22(13-16-15-38-23-7-3-2-5-18(16)23)31-26(33)19-10-9-17(28)14-21(19)32-39(35,36)24-8-4-6-20-25(24)30-12-11-29-20/h2-12,14-15,22,32H,13H2,1H3,(H,31,33). The molecule has 0 saturated carbocycles. The van der Waals surface area contributed by atoms with E-state index in [4.69, 9.17) is 16.3 Å². The van der Waals surface area contributed by atoms with Crippen molar-refractivity contribution in [2.45, 2.75) is 17.4 Å². The number of hydrogen-bond acceptors (Lipinski definition) is 8. The number of aromatic nitrogens is 2. The predicted molar refractivity (Wildman–Crippen MR) is 151 cm³/mol. The van der Waals surface area contributed by atoms with Crippen LogP contribution in [-0.4, -0.2) is 43.4 Å². The molecule has 5 aromatic rings. The van der Waals surface area contributed by atoms with Gasteiger partial charge in [0.15, 0.2) is 0 Å². The third-order valence-electron chi connectivity index (χ3n) is 6.00. The fraction of sp³-hybridized carbons (Fsp3) is 0.111. The summed E-state index contributed by atoms with van der Waals surface area (Å²) in [5.41, 5.74) is 1.35. The summed E-state index contributed by atoms with van der Waals surface area (Å²) in [6.45, 7) is 0. The number of rotatable bonds is 8. The first-order chi connectivity index (χ1) is 18.8. The van der Waals surface area contributed by atoms with Crippen LogP contribution >= 0.6 is 22.9 Å². The number of fused-ring (bicyclic) bond motifs is 2. The molecular formula is C27H21ClN4O5S2. The van der Waals surface area contributed by atoms with Gasteiger partial charge in [0.2, 0.25) is 0 Å². The number of esters is 1. The average molecular weight is 581 g/mol. The van der Waals surface area contributed by atoms with E-state index in [0.717, 1.165) is 15.6 Å². The molecule has 198 valence electrons. The van der Waals surface area contributed by atoms with Gasteiger partial charge in [-0.05, 0) is 52.7 Å². The van der Waals surface area contributed by atoms with Gasteiger partial charge in [0, 0.05) is 28.5 Å². The third-order valence-corrected chi connectivity index (χ3v) is 8.64. The number of thiophene rings is 1. The van der Waals surface area contributed by atoms with E-state index in [1.54, 1.807) is 12.1 Å². The van der Waals surface area contributed by atoms with Gasteiger partial charge in [-0.2, -0.15) is 0 Å². The van der Waals surface area contributed by atoms with Crippen LogP contribution in [-0.2, 0) is 26.0 Å². The molecule has 2 aromatic heterocycles. The first-order valence-corrected chi connectivity index (χ1v) is 14.4. The Balaban J connectivity index is 1.45. The van der Waals surface area contributed by atoms with E-state index >= 15 is 0 Å². The van der Waals surface area contributed by atoms with Gasteiger partial charge in [-0.25, -0.2) is 13.2 Å². The number of hydrogen-bond donors (Lipinski definition) is 2. The molecule has 2 N–H and O–H groups in total. The van der Waals surface area contributed by atoms with Gasteiger partial charge < -0.3 is 10.1 Å². The van der Waals surface area contributed by atoms with Gasteiger partial charge in [0.05, 0.1) is 23.9 Å². The fourth-order valence-electron chi connectivity index (χ4n) is 4.16. The van der Waals surface area contributed by atoms with E-state index in [9.17, 15) is 18.0 Å². The zero-order valence-electron chi connectivity index (χ0n) is 20.4. The van der Waals surface area contributed by atoms with Crippen molar-refractivity contribution in [3.8, 4) is 0 Å². The van der Waals surface area contributed by atoms with Crippen molar-refractivity contribution in [2.24, 2.45) is 0 Å². The fourth-order valence-corrected chi connectivity index (χ4v) is 6.55. The Morgan fingerprint density at radius 3 is 2.67 bits per heavy atom. The maximum absolute atomic E-state index is 13.4. The van der Waals surface area contributed by atoms with Crippen LogP contribution in [0.15, 0.2) is 83.3 Å². The van der Waals surface area contributed by atoms with E-state index in [-0.39, 0.29) is 33.1 Å². The number of nitrogens with zero attached hydrogens (tertiary/aromatic N) is 2. The predicted octanol–water partition coefficient (Wildman–Crippen LogP) is 4.81. The molecule has 0 bridgehead atoms. The molecule has 1 amide bonds. The molecule has 0 radical (unpaired) electrons. The van der Waals surface area contributed by atoms with Crippen LogP contribution in [0.3, 0.4) is 0 Å². The van der Waals surface area contributed by atoms with E-state index in [1.807, 2.05) is 29.6 Å². The summed E-state index contributed by atoms with van der Waals surface area (Å²) >= 11 is 7.69. The van der Waals surface area contributed by atoms with Crippen LogP contribution < -0.4 is 10.0 Å². The normalized spacial score (nSPS) is 12.3. The second kappa shape index (κ2) is 11.0. The van der Waals surface area contributed by atoms with E-state index in [2.05, 4.69) is 20.0 Å². The lowest BCUT2D eigenvalue weighted by Crippen LogP contribution is -2.43. The van der Waals surface area contributed by atoms with Crippen LogP contribution in [0, 0.1) is 0 Å². The summed E-state index contributed by atoms with van der Waals surface area (Å²) < 4.78 is 35.2. The molecule has 0 saturated heterocycles. The molecule has 0 aliphatic rings. The molecule has 9 nitrogen and oxygen atoms in total. The number of carbonyl (C=O) groups is 2. The van der Waals surface area contributed by atoms with Crippen LogP contribution in [0.1, 0.15) is 15.9 Å². The number of nitrogens with one attached hydrogen (secondary N) is 2. The van der Waals surface area contributed by atoms with Crippen LogP contribution in [0.2, 0.25) is 5.02 Å². The lowest BCUT2D eigenvalue weighted by molar-refractivity contribution is -0.142. The number of sulfonamides is 1. The smallest absolute Gasteiger partial charge is 0.328 e. The number of benzene rings is 3. The Labute approximate surface area is 232 Å². The highest BCUT2D eigenvalue weighted by molar-refractivity contribution is 7.93. The second-order valence-electron chi connectivity index (χ2n) is 8.49. The molecule has 2 heterocycles. The van der Waals surface area contributed by atoms with Crippen molar-refractivity contribution >= 4 is 71.6 Å². The van der Waals surface area contributed by atoms with Crippen LogP contribution in [0.25, 0.3) is 21.1 Å². The van der Waals surface area contributed by atoms with Crippen molar-refractivity contribution in [1.82, 2.24) is 15.3 Å². The lowest BCUT2D eigenvalue weighted by Gasteiger charge is -2.18. The zero-order valence-corrected chi connectivity index (χ0v) is 22.8. The van der Waals surface area contributed by atoms with Gasteiger partial charge in [0.25, 0.3) is 15.9 Å². The maximum atomic E-state index is 13.4. The van der Waals surface area contributed by atoms with E-state index < -0.39 is 27.9 Å². The Kier molecular flexibility index (Phi) is 7.47. The minimum atomic E-state index is -4.21. The molecule has 39 heavy (non-hydrogen) atoms. The summed E-state index contributed by atoms with van der Waals surface area (Å²) in [6.07, 6.45) is 3.04. The van der Waals surface area contributed by atoms with Crippen molar-refractivity contribution in [3.05, 3.63) is 94.6 Å². The monoisotopic (exact) mass is 580 g/mol. The molecule has 12 heteroatoms. The van der Waals surface area contributed by atoms with Gasteiger partial charge in [-0.3, -0.25) is 19.5 Å². The van der Waals surface area contributed by atoms with Crippen molar-refractivity contribution in [1.29, 1.82) is 0 Å². The Bertz CT molecular complexity index is 1820. The highest BCUT2D eigenvalue weighted by Gasteiger charge is 2.27. The number of amides is 1. The quantitative estimate of drug-likeness (QED) is 0.252. The second-order valence-corrected chi connectivity index (χ2v) is 11.5. The number of anilines is 1. The molecule has 0 aliphatic heterocycles. The Morgan fingerprint density at radius 1 is 1.05 bits per heavy atom. The molecule has 0 aliphatic carbocycles. The lowest BCUT2D eigenvalue weighted by atomic mass is 10.0. The largest absolute Gasteiger partial charge is 0.467 e. The molecule has 0 fully saturated rings. The van der Waals surface area contributed by atoms with Gasteiger partial charge >= 0.3 is 5.97 Å². The molecule has 1 atom stereocenters. The number of para-hydroxylation sites is 1. The van der Waals surface area contributed by atoms with Crippen molar-refractivity contribution < 1.29 is 22.7 Å². The summed E-state index contributed by atoms with van der Waals surface area (Å²) in [4.78, 5) is 34.2. The summed E-state index contributed by atoms with van der Waals surface area (Å²) in [5.74, 6) is -1.32. The van der Waals surface area contributed by atoms with E-state index in [1.165, 1.54) is 55.1 Å². The average Bonchev–Trinajstić information content (AvgIpc) is 3.34. The molecular weight excluding hydrogens is 560 g/mol. The number of methoxy groups -OCH3 is 1. The third kappa shape index (κ3) is 5.56. The van der Waals surface area contributed by atoms with Crippen molar-refractivity contribution in [3.63, 3.8) is 0 Å². The van der Waals surface area contributed by atoms with E-state index in [0.29, 0.717) is 5.52 Å². The highest BCUT2D eigenvalue weighted by Crippen LogP contribution is 2.28. The molecule has 0 spiro atoms. The number of ether oxygens (including phenoxy) is 1. The summed E-state index contributed by atoms with van der Waals surface area (Å²) in [6, 6.07) is 15.5. The first-order valence-electron chi connectivity index (χ1n) is 11.6. The SMILES string of the molecule is COC(=O)C(Cc1csc2ccccc12)NC(=O)c1ccc(Cl)cc1NS(=O)(=O)c1cccc2nccnc12. The molecule has 1 unspecified atom stereocenters. The Morgan fingerprint density at radius 2 is 1.85 bits per heavy atom. The maximum Gasteiger partial charge on any atom is 0.328 e. The first kappa shape index (κ1) is 26.5. The number of halogens is 1. The minimum Gasteiger partial charge on any atom is -0.467 e. The van der Waals surface area contributed by atoms with Gasteiger partial charge in [0.1, 0.15) is 16.5 Å².